The summed E-state index contributed by atoms with van der Waals surface area (Å²) in [7, 11) is 0. The minimum absolute atomic E-state index is 0.782. The lowest BCUT2D eigenvalue weighted by Crippen LogP contribution is -1.97. The van der Waals surface area contributed by atoms with Crippen molar-refractivity contribution < 1.29 is 0 Å². The van der Waals surface area contributed by atoms with Crippen LogP contribution in [0.15, 0.2) is 42.6 Å². The Morgan fingerprint density at radius 3 is 2.93 bits per heavy atom. The summed E-state index contributed by atoms with van der Waals surface area (Å²) < 4.78 is 2.19. The van der Waals surface area contributed by atoms with Crippen molar-refractivity contribution in [3.63, 3.8) is 0 Å². The van der Waals surface area contributed by atoms with Gasteiger partial charge in [0.05, 0.1) is 0 Å². The molecule has 0 bridgehead atoms. The summed E-state index contributed by atoms with van der Waals surface area (Å²) >= 11 is 5.98. The molecule has 1 aromatic heterocycles. The van der Waals surface area contributed by atoms with Gasteiger partial charge in [-0.15, -0.1) is 0 Å². The van der Waals surface area contributed by atoms with E-state index in [0.717, 1.165) is 18.0 Å². The Morgan fingerprint density at radius 2 is 2.20 bits per heavy atom. The first-order valence-corrected chi connectivity index (χ1v) is 5.49. The van der Waals surface area contributed by atoms with Crippen LogP contribution in [0.25, 0.3) is 10.9 Å². The molecule has 0 saturated heterocycles. The minimum atomic E-state index is 0.782. The third-order valence-corrected chi connectivity index (χ3v) is 2.86. The molecule has 2 aromatic rings. The summed E-state index contributed by atoms with van der Waals surface area (Å²) in [5.41, 5.74) is 2.41. The summed E-state index contributed by atoms with van der Waals surface area (Å²) in [5, 5.41) is 2.01. The van der Waals surface area contributed by atoms with Crippen molar-refractivity contribution in [1.82, 2.24) is 4.57 Å². The fourth-order valence-corrected chi connectivity index (χ4v) is 1.81. The van der Waals surface area contributed by atoms with E-state index in [9.17, 15) is 0 Å². The zero-order valence-electron chi connectivity index (χ0n) is 8.83. The van der Waals surface area contributed by atoms with Crippen molar-refractivity contribution in [2.24, 2.45) is 0 Å². The second kappa shape index (κ2) is 4.11. The van der Waals surface area contributed by atoms with E-state index in [2.05, 4.69) is 30.3 Å². The van der Waals surface area contributed by atoms with Gasteiger partial charge in [-0.3, -0.25) is 0 Å². The van der Waals surface area contributed by atoms with Gasteiger partial charge in [0.1, 0.15) is 0 Å². The molecule has 0 aliphatic heterocycles. The van der Waals surface area contributed by atoms with Gasteiger partial charge in [0, 0.05) is 23.3 Å². The highest BCUT2D eigenvalue weighted by Gasteiger charge is 2.02. The van der Waals surface area contributed by atoms with Gasteiger partial charge in [-0.2, -0.15) is 0 Å². The second-order valence-electron chi connectivity index (χ2n) is 3.75. The molecule has 0 spiro atoms. The molecule has 0 radical (unpaired) electrons. The summed E-state index contributed by atoms with van der Waals surface area (Å²) in [6, 6.07) is 8.07. The molecule has 2 heteroatoms. The molecular weight excluding hydrogens is 206 g/mol. The Bertz CT molecular complexity index is 496. The van der Waals surface area contributed by atoms with Crippen LogP contribution < -0.4 is 0 Å². The maximum absolute atomic E-state index is 5.98. The van der Waals surface area contributed by atoms with E-state index in [1.54, 1.807) is 0 Å². The van der Waals surface area contributed by atoms with Gasteiger partial charge in [0.25, 0.3) is 0 Å². The third kappa shape index (κ3) is 2.07. The standard InChI is InChI=1S/C13H14ClN/c1-3-10(2)9-15-7-6-11-4-5-12(14)8-13(11)15/h4-8H,2-3,9H2,1H3. The molecule has 0 amide bonds. The largest absolute Gasteiger partial charge is 0.343 e. The highest BCUT2D eigenvalue weighted by Crippen LogP contribution is 2.21. The van der Waals surface area contributed by atoms with Gasteiger partial charge in [-0.05, 0) is 30.0 Å². The number of hydrogen-bond acceptors (Lipinski definition) is 0. The van der Waals surface area contributed by atoms with Crippen molar-refractivity contribution in [3.05, 3.63) is 47.6 Å². The lowest BCUT2D eigenvalue weighted by atomic mass is 10.2. The first-order valence-electron chi connectivity index (χ1n) is 5.11. The zero-order valence-corrected chi connectivity index (χ0v) is 9.59. The number of benzene rings is 1. The van der Waals surface area contributed by atoms with Crippen molar-refractivity contribution in [2.75, 3.05) is 0 Å². The van der Waals surface area contributed by atoms with Crippen LogP contribution in [0.2, 0.25) is 5.02 Å². The van der Waals surface area contributed by atoms with E-state index in [1.165, 1.54) is 16.5 Å². The molecule has 1 nitrogen and oxygen atoms in total. The first kappa shape index (κ1) is 10.3. The van der Waals surface area contributed by atoms with Crippen LogP contribution in [0.4, 0.5) is 0 Å². The fraction of sp³-hybridized carbons (Fsp3) is 0.231. The zero-order chi connectivity index (χ0) is 10.8. The molecule has 1 aromatic carbocycles. The van der Waals surface area contributed by atoms with Crippen LogP contribution in [-0.2, 0) is 6.54 Å². The number of allylic oxidation sites excluding steroid dienone is 1. The quantitative estimate of drug-likeness (QED) is 0.680. The topological polar surface area (TPSA) is 4.93 Å². The Labute approximate surface area is 95.0 Å². The predicted molar refractivity (Wildman–Crippen MR) is 66.4 cm³/mol. The first-order chi connectivity index (χ1) is 7.20. The van der Waals surface area contributed by atoms with Crippen LogP contribution in [0.3, 0.4) is 0 Å². The molecule has 0 N–H and O–H groups in total. The molecule has 0 aliphatic rings. The minimum Gasteiger partial charge on any atom is -0.343 e. The monoisotopic (exact) mass is 219 g/mol. The lowest BCUT2D eigenvalue weighted by Gasteiger charge is -2.06. The molecule has 0 saturated carbocycles. The Balaban J connectivity index is 2.43. The van der Waals surface area contributed by atoms with E-state index in [0.29, 0.717) is 0 Å². The Morgan fingerprint density at radius 1 is 1.40 bits per heavy atom. The van der Waals surface area contributed by atoms with E-state index in [-0.39, 0.29) is 0 Å². The van der Waals surface area contributed by atoms with Crippen molar-refractivity contribution >= 4 is 22.5 Å². The molecule has 0 fully saturated rings. The summed E-state index contributed by atoms with van der Waals surface area (Å²) in [4.78, 5) is 0. The van der Waals surface area contributed by atoms with E-state index >= 15 is 0 Å². The van der Waals surface area contributed by atoms with Crippen LogP contribution in [0.5, 0.6) is 0 Å². The molecule has 0 unspecified atom stereocenters. The molecular formula is C13H14ClN. The van der Waals surface area contributed by atoms with Crippen LogP contribution in [0, 0.1) is 0 Å². The second-order valence-corrected chi connectivity index (χ2v) is 4.19. The summed E-state index contributed by atoms with van der Waals surface area (Å²) in [6.07, 6.45) is 3.10. The van der Waals surface area contributed by atoms with Crippen LogP contribution in [-0.4, -0.2) is 4.57 Å². The average Bonchev–Trinajstić information content (AvgIpc) is 2.61. The third-order valence-electron chi connectivity index (χ3n) is 2.63. The molecule has 0 atom stereocenters. The van der Waals surface area contributed by atoms with E-state index in [1.807, 2.05) is 18.2 Å². The van der Waals surface area contributed by atoms with Crippen molar-refractivity contribution in [2.45, 2.75) is 19.9 Å². The fourth-order valence-electron chi connectivity index (χ4n) is 1.65. The molecule has 2 rings (SSSR count). The summed E-state index contributed by atoms with van der Waals surface area (Å²) in [5.74, 6) is 0. The smallest absolute Gasteiger partial charge is 0.0498 e. The maximum Gasteiger partial charge on any atom is 0.0498 e. The van der Waals surface area contributed by atoms with Gasteiger partial charge < -0.3 is 4.57 Å². The molecule has 78 valence electrons. The highest BCUT2D eigenvalue weighted by molar-refractivity contribution is 6.31. The number of fused-ring (bicyclic) bond motifs is 1. The number of rotatable bonds is 3. The van der Waals surface area contributed by atoms with Gasteiger partial charge >= 0.3 is 0 Å². The number of aromatic nitrogens is 1. The molecule has 15 heavy (non-hydrogen) atoms. The van der Waals surface area contributed by atoms with E-state index < -0.39 is 0 Å². The average molecular weight is 220 g/mol. The molecule has 0 aliphatic carbocycles. The number of halogens is 1. The van der Waals surface area contributed by atoms with Gasteiger partial charge in [0.15, 0.2) is 0 Å². The van der Waals surface area contributed by atoms with E-state index in [4.69, 9.17) is 11.6 Å². The number of hydrogen-bond donors (Lipinski definition) is 0. The van der Waals surface area contributed by atoms with Gasteiger partial charge in [-0.1, -0.05) is 36.7 Å². The summed E-state index contributed by atoms with van der Waals surface area (Å²) in [6.45, 7) is 7.02. The SMILES string of the molecule is C=C(CC)Cn1ccc2ccc(Cl)cc21. The molecule has 1 heterocycles. The van der Waals surface area contributed by atoms with Gasteiger partial charge in [0.2, 0.25) is 0 Å². The van der Waals surface area contributed by atoms with Crippen molar-refractivity contribution in [1.29, 1.82) is 0 Å². The highest BCUT2D eigenvalue weighted by atomic mass is 35.5. The Hall–Kier alpha value is -1.21. The van der Waals surface area contributed by atoms with Gasteiger partial charge in [-0.25, -0.2) is 0 Å². The Kier molecular flexibility index (Phi) is 2.83. The van der Waals surface area contributed by atoms with Crippen LogP contribution in [0.1, 0.15) is 13.3 Å². The normalized spacial score (nSPS) is 10.8. The van der Waals surface area contributed by atoms with Crippen LogP contribution >= 0.6 is 11.6 Å². The predicted octanol–water partition coefficient (Wildman–Crippen LogP) is 4.26. The number of nitrogens with zero attached hydrogens (tertiary/aromatic N) is 1. The van der Waals surface area contributed by atoms with Crippen molar-refractivity contribution in [3.8, 4) is 0 Å². The maximum atomic E-state index is 5.98. The lowest BCUT2D eigenvalue weighted by molar-refractivity contribution is 0.790.